The second kappa shape index (κ2) is 5.70. The van der Waals surface area contributed by atoms with Crippen LogP contribution in [0.3, 0.4) is 0 Å². The van der Waals surface area contributed by atoms with Gasteiger partial charge in [-0.25, -0.2) is 4.79 Å². The highest BCUT2D eigenvalue weighted by molar-refractivity contribution is 5.68. The number of ether oxygens (including phenoxy) is 1. The van der Waals surface area contributed by atoms with Crippen molar-refractivity contribution in [3.05, 3.63) is 0 Å². The van der Waals surface area contributed by atoms with Gasteiger partial charge >= 0.3 is 6.09 Å². The smallest absolute Gasteiger partial charge is 0.410 e. The van der Waals surface area contributed by atoms with E-state index in [4.69, 9.17) is 4.74 Å². The van der Waals surface area contributed by atoms with Crippen LogP contribution in [-0.4, -0.2) is 41.8 Å². The number of carbonyl (C=O) groups excluding carboxylic acids is 1. The second-order valence-corrected chi connectivity index (χ2v) is 7.21. The van der Waals surface area contributed by atoms with Crippen molar-refractivity contribution >= 4 is 6.09 Å². The number of nitrogens with one attached hydrogen (secondary N) is 1. The first-order valence-corrected chi connectivity index (χ1v) is 7.57. The van der Waals surface area contributed by atoms with Gasteiger partial charge in [0, 0.05) is 25.2 Å². The molecule has 110 valence electrons. The van der Waals surface area contributed by atoms with Gasteiger partial charge in [-0.3, -0.25) is 0 Å². The van der Waals surface area contributed by atoms with Crippen molar-refractivity contribution < 1.29 is 9.53 Å². The van der Waals surface area contributed by atoms with E-state index < -0.39 is 5.60 Å². The Labute approximate surface area is 116 Å². The van der Waals surface area contributed by atoms with Crippen molar-refractivity contribution in [2.75, 3.05) is 13.1 Å². The number of piperidine rings is 1. The van der Waals surface area contributed by atoms with Gasteiger partial charge in [-0.05, 0) is 52.4 Å². The number of hydrogen-bond donors (Lipinski definition) is 1. The third-order valence-electron chi connectivity index (χ3n) is 3.92. The van der Waals surface area contributed by atoms with E-state index in [0.717, 1.165) is 25.4 Å². The van der Waals surface area contributed by atoms with Crippen molar-refractivity contribution in [3.8, 4) is 0 Å². The highest BCUT2D eigenvalue weighted by atomic mass is 16.6. The average Bonchev–Trinajstić information content (AvgIpc) is 2.25. The van der Waals surface area contributed by atoms with Crippen LogP contribution in [0.15, 0.2) is 0 Å². The molecule has 4 nitrogen and oxygen atoms in total. The molecule has 1 aliphatic carbocycles. The lowest BCUT2D eigenvalue weighted by Gasteiger charge is -2.40. The first-order chi connectivity index (χ1) is 8.83. The third kappa shape index (κ3) is 4.37. The monoisotopic (exact) mass is 268 g/mol. The summed E-state index contributed by atoms with van der Waals surface area (Å²) < 4.78 is 5.45. The first kappa shape index (κ1) is 14.6. The quantitative estimate of drug-likeness (QED) is 0.837. The van der Waals surface area contributed by atoms with Gasteiger partial charge in [0.25, 0.3) is 0 Å². The molecule has 1 heterocycles. The molecule has 1 N–H and O–H groups in total. The Morgan fingerprint density at radius 3 is 2.53 bits per heavy atom. The van der Waals surface area contributed by atoms with Crippen molar-refractivity contribution in [2.45, 2.75) is 71.1 Å². The Morgan fingerprint density at radius 1 is 1.26 bits per heavy atom. The van der Waals surface area contributed by atoms with Crippen LogP contribution in [0.4, 0.5) is 4.79 Å². The third-order valence-corrected chi connectivity index (χ3v) is 3.92. The molecule has 1 saturated carbocycles. The second-order valence-electron chi connectivity index (χ2n) is 7.21. The lowest BCUT2D eigenvalue weighted by molar-refractivity contribution is 0.0174. The SMILES string of the molecule is CC1CC(NC2CCCN(C(=O)OC(C)(C)C)C2)C1. The van der Waals surface area contributed by atoms with E-state index in [0.29, 0.717) is 12.1 Å². The Balaban J connectivity index is 1.78. The van der Waals surface area contributed by atoms with Gasteiger partial charge in [0.05, 0.1) is 0 Å². The Hall–Kier alpha value is -0.770. The largest absolute Gasteiger partial charge is 0.444 e. The fourth-order valence-corrected chi connectivity index (χ4v) is 2.98. The summed E-state index contributed by atoms with van der Waals surface area (Å²) in [6, 6.07) is 1.11. The molecule has 1 atom stereocenters. The number of rotatable bonds is 2. The molecular weight excluding hydrogens is 240 g/mol. The van der Waals surface area contributed by atoms with E-state index in [1.54, 1.807) is 0 Å². The van der Waals surface area contributed by atoms with Crippen molar-refractivity contribution in [1.29, 1.82) is 0 Å². The normalized spacial score (nSPS) is 31.8. The highest BCUT2D eigenvalue weighted by Gasteiger charge is 2.31. The van der Waals surface area contributed by atoms with Gasteiger partial charge in [0.15, 0.2) is 0 Å². The predicted molar refractivity (Wildman–Crippen MR) is 76.2 cm³/mol. The maximum absolute atomic E-state index is 12.1. The molecule has 2 aliphatic rings. The van der Waals surface area contributed by atoms with Crippen molar-refractivity contribution in [3.63, 3.8) is 0 Å². The minimum Gasteiger partial charge on any atom is -0.444 e. The van der Waals surface area contributed by atoms with E-state index in [1.807, 2.05) is 25.7 Å². The van der Waals surface area contributed by atoms with E-state index in [-0.39, 0.29) is 6.09 Å². The summed E-state index contributed by atoms with van der Waals surface area (Å²) in [5.74, 6) is 0.864. The van der Waals surface area contributed by atoms with E-state index in [1.165, 1.54) is 19.3 Å². The molecule has 1 saturated heterocycles. The summed E-state index contributed by atoms with van der Waals surface area (Å²) in [6.07, 6.45) is 4.64. The summed E-state index contributed by atoms with van der Waals surface area (Å²) in [5.41, 5.74) is -0.402. The van der Waals surface area contributed by atoms with Gasteiger partial charge in [0.1, 0.15) is 5.60 Å². The molecule has 0 radical (unpaired) electrons. The zero-order chi connectivity index (χ0) is 14.0. The Kier molecular flexibility index (Phi) is 4.39. The molecule has 4 heteroatoms. The zero-order valence-corrected chi connectivity index (χ0v) is 12.7. The zero-order valence-electron chi connectivity index (χ0n) is 12.7. The number of carbonyl (C=O) groups is 1. The molecule has 2 fully saturated rings. The van der Waals surface area contributed by atoms with Crippen LogP contribution in [0.1, 0.15) is 53.4 Å². The summed E-state index contributed by atoms with van der Waals surface area (Å²) >= 11 is 0. The lowest BCUT2D eigenvalue weighted by atomic mass is 9.81. The maximum atomic E-state index is 12.1. The molecule has 1 amide bonds. The molecular formula is C15H28N2O2. The van der Waals surface area contributed by atoms with Crippen LogP contribution in [0, 0.1) is 5.92 Å². The molecule has 0 aromatic rings. The van der Waals surface area contributed by atoms with Crippen molar-refractivity contribution in [1.82, 2.24) is 10.2 Å². The minimum absolute atomic E-state index is 0.166. The highest BCUT2D eigenvalue weighted by Crippen LogP contribution is 2.27. The van der Waals surface area contributed by atoms with Crippen LogP contribution >= 0.6 is 0 Å². The molecule has 1 aliphatic heterocycles. The summed E-state index contributed by atoms with van der Waals surface area (Å²) in [7, 11) is 0. The number of amides is 1. The maximum Gasteiger partial charge on any atom is 0.410 e. The van der Waals surface area contributed by atoms with Gasteiger partial charge in [0.2, 0.25) is 0 Å². The van der Waals surface area contributed by atoms with E-state index >= 15 is 0 Å². The fraction of sp³-hybridized carbons (Fsp3) is 0.933. The van der Waals surface area contributed by atoms with E-state index in [2.05, 4.69) is 12.2 Å². The Bertz CT molecular complexity index is 319. The van der Waals surface area contributed by atoms with Crippen LogP contribution in [0.5, 0.6) is 0 Å². The number of hydrogen-bond acceptors (Lipinski definition) is 3. The first-order valence-electron chi connectivity index (χ1n) is 7.57. The van der Waals surface area contributed by atoms with Gasteiger partial charge in [-0.15, -0.1) is 0 Å². The Morgan fingerprint density at radius 2 is 1.95 bits per heavy atom. The standard InChI is InChI=1S/C15H28N2O2/c1-11-8-13(9-11)16-12-6-5-7-17(10-12)14(18)19-15(2,3)4/h11-13,16H,5-10H2,1-4H3. The molecule has 0 aromatic carbocycles. The average molecular weight is 268 g/mol. The molecule has 19 heavy (non-hydrogen) atoms. The summed E-state index contributed by atoms with van der Waals surface area (Å²) in [5, 5.41) is 3.68. The number of nitrogens with zero attached hydrogens (tertiary/aromatic N) is 1. The summed E-state index contributed by atoms with van der Waals surface area (Å²) in [4.78, 5) is 13.9. The molecule has 1 unspecified atom stereocenters. The topological polar surface area (TPSA) is 41.6 Å². The van der Waals surface area contributed by atoms with E-state index in [9.17, 15) is 4.79 Å². The molecule has 0 bridgehead atoms. The predicted octanol–water partition coefficient (Wildman–Crippen LogP) is 2.77. The fourth-order valence-electron chi connectivity index (χ4n) is 2.98. The van der Waals surface area contributed by atoms with Crippen molar-refractivity contribution in [2.24, 2.45) is 5.92 Å². The summed E-state index contributed by atoms with van der Waals surface area (Å²) in [6.45, 7) is 9.67. The molecule has 0 aromatic heterocycles. The minimum atomic E-state index is -0.402. The molecule has 2 rings (SSSR count). The van der Waals surface area contributed by atoms with Crippen LogP contribution in [0.2, 0.25) is 0 Å². The number of likely N-dealkylation sites (tertiary alicyclic amines) is 1. The van der Waals surface area contributed by atoms with Crippen LogP contribution in [0.25, 0.3) is 0 Å². The van der Waals surface area contributed by atoms with Crippen LogP contribution < -0.4 is 5.32 Å². The van der Waals surface area contributed by atoms with Crippen LogP contribution in [-0.2, 0) is 4.74 Å². The van der Waals surface area contributed by atoms with Gasteiger partial charge < -0.3 is 15.0 Å². The lowest BCUT2D eigenvalue weighted by Crippen LogP contribution is -2.54. The van der Waals surface area contributed by atoms with Gasteiger partial charge in [-0.2, -0.15) is 0 Å². The molecule has 0 spiro atoms. The van der Waals surface area contributed by atoms with Gasteiger partial charge in [-0.1, -0.05) is 6.92 Å².